The van der Waals surface area contributed by atoms with E-state index in [1.165, 1.54) is 0 Å². The second-order valence-electron chi connectivity index (χ2n) is 5.34. The minimum absolute atomic E-state index is 0.185. The summed E-state index contributed by atoms with van der Waals surface area (Å²) in [6, 6.07) is 9.44. The third-order valence-electron chi connectivity index (χ3n) is 3.46. The van der Waals surface area contributed by atoms with E-state index in [1.807, 2.05) is 37.3 Å². The normalized spacial score (nSPS) is 13.5. The van der Waals surface area contributed by atoms with E-state index in [-0.39, 0.29) is 6.03 Å². The van der Waals surface area contributed by atoms with Crippen molar-refractivity contribution in [2.24, 2.45) is 0 Å². The number of pyridine rings is 1. The van der Waals surface area contributed by atoms with Crippen LogP contribution in [0.3, 0.4) is 0 Å². The monoisotopic (exact) mass is 316 g/mol. The van der Waals surface area contributed by atoms with E-state index in [4.69, 9.17) is 11.6 Å². The van der Waals surface area contributed by atoms with E-state index in [1.54, 1.807) is 6.20 Å². The van der Waals surface area contributed by atoms with Gasteiger partial charge in [-0.25, -0.2) is 9.78 Å². The van der Waals surface area contributed by atoms with Gasteiger partial charge in [-0.1, -0.05) is 17.7 Å². The van der Waals surface area contributed by atoms with Crippen LogP contribution in [0.1, 0.15) is 18.4 Å². The molecule has 3 rings (SSSR count). The standard InChI is InChI=1S/C16H17ClN4O/c1-10-13(17)3-2-4-14(10)21-15-8-7-12(9-18-15)20-16(22)19-11-5-6-11/h2-4,7-9,11H,5-6H2,1H3,(H,18,21)(H2,19,20,22). The van der Waals surface area contributed by atoms with Gasteiger partial charge in [0.25, 0.3) is 0 Å². The number of urea groups is 1. The van der Waals surface area contributed by atoms with E-state index in [0.717, 1.165) is 24.1 Å². The largest absolute Gasteiger partial charge is 0.340 e. The molecular weight excluding hydrogens is 300 g/mol. The Morgan fingerprint density at radius 3 is 2.77 bits per heavy atom. The predicted molar refractivity (Wildman–Crippen MR) is 88.9 cm³/mol. The number of halogens is 1. The van der Waals surface area contributed by atoms with Crippen molar-refractivity contribution in [1.29, 1.82) is 0 Å². The SMILES string of the molecule is Cc1c(Cl)cccc1Nc1ccc(NC(=O)NC2CC2)cn1. The molecular formula is C16H17ClN4O. The number of aromatic nitrogens is 1. The molecule has 1 aromatic heterocycles. The first-order chi connectivity index (χ1) is 10.6. The fraction of sp³-hybridized carbons (Fsp3) is 0.250. The molecule has 0 spiro atoms. The Labute approximate surface area is 134 Å². The van der Waals surface area contributed by atoms with Gasteiger partial charge in [-0.15, -0.1) is 0 Å². The van der Waals surface area contributed by atoms with Crippen molar-refractivity contribution in [2.75, 3.05) is 10.6 Å². The summed E-state index contributed by atoms with van der Waals surface area (Å²) < 4.78 is 0. The van der Waals surface area contributed by atoms with Crippen molar-refractivity contribution in [1.82, 2.24) is 10.3 Å². The van der Waals surface area contributed by atoms with Crippen LogP contribution in [0.25, 0.3) is 0 Å². The molecule has 1 aliphatic carbocycles. The van der Waals surface area contributed by atoms with Crippen molar-refractivity contribution in [3.8, 4) is 0 Å². The van der Waals surface area contributed by atoms with Gasteiger partial charge in [-0.2, -0.15) is 0 Å². The van der Waals surface area contributed by atoms with Gasteiger partial charge in [0, 0.05) is 16.8 Å². The van der Waals surface area contributed by atoms with Crippen LogP contribution in [0.15, 0.2) is 36.5 Å². The molecule has 1 heterocycles. The fourth-order valence-corrected chi connectivity index (χ4v) is 2.18. The zero-order valence-corrected chi connectivity index (χ0v) is 12.9. The van der Waals surface area contributed by atoms with Gasteiger partial charge >= 0.3 is 6.03 Å². The molecule has 114 valence electrons. The Kier molecular flexibility index (Phi) is 4.15. The number of hydrogen-bond acceptors (Lipinski definition) is 3. The Hall–Kier alpha value is -2.27. The maximum Gasteiger partial charge on any atom is 0.319 e. The van der Waals surface area contributed by atoms with E-state index in [0.29, 0.717) is 22.6 Å². The highest BCUT2D eigenvalue weighted by molar-refractivity contribution is 6.31. The molecule has 0 bridgehead atoms. The van der Waals surface area contributed by atoms with Gasteiger partial charge in [0.15, 0.2) is 0 Å². The fourth-order valence-electron chi connectivity index (χ4n) is 2.00. The average molecular weight is 317 g/mol. The lowest BCUT2D eigenvalue weighted by Crippen LogP contribution is -2.30. The number of anilines is 3. The van der Waals surface area contributed by atoms with Crippen LogP contribution >= 0.6 is 11.6 Å². The summed E-state index contributed by atoms with van der Waals surface area (Å²) in [7, 11) is 0. The summed E-state index contributed by atoms with van der Waals surface area (Å²) in [6.45, 7) is 1.95. The first kappa shape index (κ1) is 14.7. The summed E-state index contributed by atoms with van der Waals surface area (Å²) in [5.74, 6) is 0.693. The van der Waals surface area contributed by atoms with Crippen LogP contribution in [0, 0.1) is 6.92 Å². The lowest BCUT2D eigenvalue weighted by atomic mass is 10.2. The average Bonchev–Trinajstić information content (AvgIpc) is 3.30. The maximum absolute atomic E-state index is 11.6. The first-order valence-electron chi connectivity index (χ1n) is 7.17. The Bertz CT molecular complexity index is 683. The molecule has 1 aromatic carbocycles. The number of amides is 2. The van der Waals surface area contributed by atoms with Crippen molar-refractivity contribution in [3.05, 3.63) is 47.1 Å². The van der Waals surface area contributed by atoms with Crippen LogP contribution < -0.4 is 16.0 Å². The Balaban J connectivity index is 1.63. The number of carbonyl (C=O) groups is 1. The number of carbonyl (C=O) groups excluding carboxylic acids is 1. The topological polar surface area (TPSA) is 66.0 Å². The van der Waals surface area contributed by atoms with Crippen LogP contribution in [-0.2, 0) is 0 Å². The molecule has 3 N–H and O–H groups in total. The van der Waals surface area contributed by atoms with Crippen molar-refractivity contribution < 1.29 is 4.79 Å². The quantitative estimate of drug-likeness (QED) is 0.796. The summed E-state index contributed by atoms with van der Waals surface area (Å²) >= 11 is 6.09. The minimum Gasteiger partial charge on any atom is -0.340 e. The minimum atomic E-state index is -0.185. The smallest absolute Gasteiger partial charge is 0.319 e. The van der Waals surface area contributed by atoms with E-state index >= 15 is 0 Å². The molecule has 0 radical (unpaired) electrons. The van der Waals surface area contributed by atoms with Crippen LogP contribution in [0.4, 0.5) is 22.0 Å². The summed E-state index contributed by atoms with van der Waals surface area (Å²) in [5.41, 5.74) is 2.54. The summed E-state index contributed by atoms with van der Waals surface area (Å²) in [4.78, 5) is 15.9. The van der Waals surface area contributed by atoms with Gasteiger partial charge in [0.05, 0.1) is 11.9 Å². The molecule has 0 atom stereocenters. The highest BCUT2D eigenvalue weighted by atomic mass is 35.5. The number of nitrogens with zero attached hydrogens (tertiary/aromatic N) is 1. The van der Waals surface area contributed by atoms with Crippen molar-refractivity contribution in [3.63, 3.8) is 0 Å². The molecule has 2 amide bonds. The molecule has 0 saturated heterocycles. The first-order valence-corrected chi connectivity index (χ1v) is 7.55. The van der Waals surface area contributed by atoms with Crippen LogP contribution in [-0.4, -0.2) is 17.1 Å². The van der Waals surface area contributed by atoms with Gasteiger partial charge in [0.1, 0.15) is 5.82 Å². The second-order valence-corrected chi connectivity index (χ2v) is 5.75. The van der Waals surface area contributed by atoms with Crippen LogP contribution in [0.2, 0.25) is 5.02 Å². The van der Waals surface area contributed by atoms with Gasteiger partial charge in [-0.3, -0.25) is 0 Å². The number of rotatable bonds is 4. The third-order valence-corrected chi connectivity index (χ3v) is 3.87. The number of hydrogen-bond donors (Lipinski definition) is 3. The van der Waals surface area contributed by atoms with E-state index < -0.39 is 0 Å². The van der Waals surface area contributed by atoms with Crippen molar-refractivity contribution in [2.45, 2.75) is 25.8 Å². The molecule has 1 fully saturated rings. The third kappa shape index (κ3) is 3.68. The van der Waals surface area contributed by atoms with Crippen LogP contribution in [0.5, 0.6) is 0 Å². The zero-order chi connectivity index (χ0) is 15.5. The highest BCUT2D eigenvalue weighted by Crippen LogP contribution is 2.25. The maximum atomic E-state index is 11.6. The van der Waals surface area contributed by atoms with Gasteiger partial charge < -0.3 is 16.0 Å². The molecule has 1 aliphatic rings. The molecule has 0 unspecified atom stereocenters. The lowest BCUT2D eigenvalue weighted by Gasteiger charge is -2.11. The van der Waals surface area contributed by atoms with E-state index in [9.17, 15) is 4.79 Å². The van der Waals surface area contributed by atoms with Gasteiger partial charge in [0.2, 0.25) is 0 Å². The Morgan fingerprint density at radius 1 is 1.27 bits per heavy atom. The molecule has 0 aliphatic heterocycles. The number of nitrogens with one attached hydrogen (secondary N) is 3. The lowest BCUT2D eigenvalue weighted by molar-refractivity contribution is 0.251. The summed E-state index contributed by atoms with van der Waals surface area (Å²) in [6.07, 6.45) is 3.75. The highest BCUT2D eigenvalue weighted by Gasteiger charge is 2.23. The molecule has 6 heteroatoms. The second kappa shape index (κ2) is 6.23. The number of benzene rings is 1. The molecule has 1 saturated carbocycles. The Morgan fingerprint density at radius 2 is 2.09 bits per heavy atom. The van der Waals surface area contributed by atoms with E-state index in [2.05, 4.69) is 20.9 Å². The van der Waals surface area contributed by atoms with Crippen molar-refractivity contribution >= 4 is 34.8 Å². The summed E-state index contributed by atoms with van der Waals surface area (Å²) in [5, 5.41) is 9.55. The molecule has 2 aromatic rings. The predicted octanol–water partition coefficient (Wildman–Crippen LogP) is 4.07. The van der Waals surface area contributed by atoms with Gasteiger partial charge in [-0.05, 0) is 49.6 Å². The molecule has 22 heavy (non-hydrogen) atoms. The zero-order valence-electron chi connectivity index (χ0n) is 12.2. The molecule has 5 nitrogen and oxygen atoms in total.